The van der Waals surface area contributed by atoms with Gasteiger partial charge in [0.05, 0.1) is 50.3 Å². The molecule has 3 N–H and O–H groups in total. The molecular weight excluding hydrogens is 562 g/mol. The fourth-order valence-electron chi connectivity index (χ4n) is 5.59. The minimum Gasteiger partial charge on any atom is -0.494 e. The molecule has 0 radical (unpaired) electrons. The van der Waals surface area contributed by atoms with E-state index in [-0.39, 0.29) is 0 Å². The van der Waals surface area contributed by atoms with E-state index in [1.165, 1.54) is 27.1 Å². The first-order chi connectivity index (χ1) is 20.3. The molecule has 0 saturated carbocycles. The van der Waals surface area contributed by atoms with E-state index in [0.717, 1.165) is 36.9 Å². The number of morpholine rings is 1. The molecule has 222 valence electrons. The van der Waals surface area contributed by atoms with Gasteiger partial charge in [0.2, 0.25) is 10.0 Å². The van der Waals surface area contributed by atoms with Crippen LogP contribution in [0.2, 0.25) is 0 Å². The van der Waals surface area contributed by atoms with Crippen molar-refractivity contribution in [3.8, 4) is 17.3 Å². The zero-order chi connectivity index (χ0) is 29.3. The van der Waals surface area contributed by atoms with Gasteiger partial charge in [-0.3, -0.25) is 9.62 Å². The number of nitrogens with zero attached hydrogens (tertiary/aromatic N) is 6. The number of benzene rings is 1. The molecule has 2 saturated heterocycles. The summed E-state index contributed by atoms with van der Waals surface area (Å²) in [7, 11) is -0.411. The van der Waals surface area contributed by atoms with E-state index in [1.807, 2.05) is 6.07 Å². The molecule has 42 heavy (non-hydrogen) atoms. The Hall–Kier alpha value is -4.21. The quantitative estimate of drug-likeness (QED) is 0.233. The Morgan fingerprint density at radius 2 is 1.81 bits per heavy atom. The molecule has 5 heterocycles. The fraction of sp³-hybridized carbons (Fsp3) is 0.407. The summed E-state index contributed by atoms with van der Waals surface area (Å²) < 4.78 is 44.6. The Bertz CT molecular complexity index is 1680. The van der Waals surface area contributed by atoms with Gasteiger partial charge in [-0.05, 0) is 25.0 Å². The number of rotatable bonds is 11. The highest BCUT2D eigenvalue weighted by molar-refractivity contribution is 7.92. The second-order valence-corrected chi connectivity index (χ2v) is 12.0. The number of sulfonamides is 1. The zero-order valence-electron chi connectivity index (χ0n) is 23.6. The van der Waals surface area contributed by atoms with Gasteiger partial charge in [-0.2, -0.15) is 0 Å². The van der Waals surface area contributed by atoms with Crippen LogP contribution < -0.4 is 24.8 Å². The average molecular weight is 596 g/mol. The van der Waals surface area contributed by atoms with Crippen molar-refractivity contribution in [1.82, 2.24) is 29.6 Å². The van der Waals surface area contributed by atoms with Crippen LogP contribution in [0.1, 0.15) is 12.8 Å². The van der Waals surface area contributed by atoms with Crippen LogP contribution in [0.15, 0.2) is 42.9 Å². The second kappa shape index (κ2) is 11.6. The van der Waals surface area contributed by atoms with E-state index in [9.17, 15) is 8.42 Å². The van der Waals surface area contributed by atoms with Gasteiger partial charge in [-0.25, -0.2) is 28.1 Å². The number of hydrogen-bond donors (Lipinski definition) is 3. The standard InChI is InChI=1S/C27H33N9O5S/c1-39-23-12-17(34-42(3,37)38)4-7-21(23)36-22-13-24(32-26-27(40-2)30-9-8-28-26)31-14-20(22)25(33-36)29-10-11-35-18-5-6-19(35)16-41-15-18/h4,7-9,12-14,18-19,34H,5-6,10-11,15-16H2,1-3H3,(H,29,33)(H,28,31,32). The number of anilines is 4. The lowest BCUT2D eigenvalue weighted by atomic mass is 10.2. The molecule has 4 aromatic rings. The maximum absolute atomic E-state index is 11.8. The molecule has 0 amide bonds. The van der Waals surface area contributed by atoms with Crippen molar-refractivity contribution >= 4 is 44.1 Å². The van der Waals surface area contributed by atoms with Crippen LogP contribution in [0.25, 0.3) is 16.6 Å². The molecule has 15 heteroatoms. The largest absolute Gasteiger partial charge is 0.494 e. The summed E-state index contributed by atoms with van der Waals surface area (Å²) in [5, 5.41) is 12.4. The van der Waals surface area contributed by atoms with Crippen molar-refractivity contribution in [2.45, 2.75) is 24.9 Å². The van der Waals surface area contributed by atoms with Crippen LogP contribution in [0.5, 0.6) is 11.6 Å². The van der Waals surface area contributed by atoms with Gasteiger partial charge in [0.25, 0.3) is 5.88 Å². The predicted molar refractivity (Wildman–Crippen MR) is 159 cm³/mol. The number of aromatic nitrogens is 5. The smallest absolute Gasteiger partial charge is 0.257 e. The first kappa shape index (κ1) is 27.9. The SMILES string of the molecule is COc1cc(NS(C)(=O)=O)ccc1-n1nc(NCCN2C3CCC2COC3)c2cnc(Nc3nccnc3OC)cc21. The maximum Gasteiger partial charge on any atom is 0.257 e. The van der Waals surface area contributed by atoms with E-state index in [0.29, 0.717) is 59.1 Å². The summed E-state index contributed by atoms with van der Waals surface area (Å²) in [4.78, 5) is 15.6. The molecule has 2 unspecified atom stereocenters. The molecule has 2 aliphatic heterocycles. The van der Waals surface area contributed by atoms with Gasteiger partial charge in [-0.1, -0.05) is 0 Å². The third-order valence-electron chi connectivity index (χ3n) is 7.44. The van der Waals surface area contributed by atoms with Gasteiger partial charge in [0, 0.05) is 55.9 Å². The molecule has 2 atom stereocenters. The van der Waals surface area contributed by atoms with Crippen LogP contribution in [0, 0.1) is 0 Å². The molecule has 2 bridgehead atoms. The molecule has 3 aromatic heterocycles. The van der Waals surface area contributed by atoms with Crippen molar-refractivity contribution in [1.29, 1.82) is 0 Å². The first-order valence-electron chi connectivity index (χ1n) is 13.6. The molecule has 2 fully saturated rings. The predicted octanol–water partition coefficient (Wildman–Crippen LogP) is 2.62. The summed E-state index contributed by atoms with van der Waals surface area (Å²) in [6.07, 6.45) is 8.29. The van der Waals surface area contributed by atoms with Gasteiger partial charge in [0.15, 0.2) is 11.6 Å². The lowest BCUT2D eigenvalue weighted by Gasteiger charge is -2.34. The van der Waals surface area contributed by atoms with Gasteiger partial charge < -0.3 is 24.8 Å². The average Bonchev–Trinajstić information content (AvgIpc) is 3.43. The number of ether oxygens (including phenoxy) is 3. The maximum atomic E-state index is 11.8. The molecular formula is C27H33N9O5S. The number of methoxy groups -OCH3 is 2. The third-order valence-corrected chi connectivity index (χ3v) is 8.04. The topological polar surface area (TPSA) is 158 Å². The summed E-state index contributed by atoms with van der Waals surface area (Å²) in [5.74, 6) is 2.37. The normalized spacial score (nSPS) is 18.6. The highest BCUT2D eigenvalue weighted by atomic mass is 32.2. The van der Waals surface area contributed by atoms with Crippen LogP contribution in [-0.4, -0.2) is 96.9 Å². The number of nitrogens with one attached hydrogen (secondary N) is 3. The van der Waals surface area contributed by atoms with Crippen LogP contribution >= 0.6 is 0 Å². The van der Waals surface area contributed by atoms with Crippen LogP contribution in [0.4, 0.5) is 23.1 Å². The molecule has 2 aliphatic rings. The van der Waals surface area contributed by atoms with E-state index < -0.39 is 10.0 Å². The summed E-state index contributed by atoms with van der Waals surface area (Å²) in [6.45, 7) is 3.15. The Kier molecular flexibility index (Phi) is 7.70. The molecule has 14 nitrogen and oxygen atoms in total. The third kappa shape index (κ3) is 5.75. The van der Waals surface area contributed by atoms with Gasteiger partial charge in [-0.15, -0.1) is 5.10 Å². The van der Waals surface area contributed by atoms with Gasteiger partial charge in [0.1, 0.15) is 17.3 Å². The van der Waals surface area contributed by atoms with Crippen molar-refractivity contribution in [3.05, 3.63) is 42.9 Å². The summed E-state index contributed by atoms with van der Waals surface area (Å²) >= 11 is 0. The fourth-order valence-corrected chi connectivity index (χ4v) is 6.14. The lowest BCUT2D eigenvalue weighted by Crippen LogP contribution is -2.47. The minimum atomic E-state index is -3.46. The summed E-state index contributed by atoms with van der Waals surface area (Å²) in [6, 6.07) is 7.83. The molecule has 0 spiro atoms. The second-order valence-electron chi connectivity index (χ2n) is 10.2. The van der Waals surface area contributed by atoms with Crippen molar-refractivity contribution in [2.75, 3.05) is 62.1 Å². The molecule has 0 aliphatic carbocycles. The van der Waals surface area contributed by atoms with E-state index in [4.69, 9.17) is 19.3 Å². The Labute approximate surface area is 243 Å². The first-order valence-corrected chi connectivity index (χ1v) is 15.5. The van der Waals surface area contributed by atoms with Crippen LogP contribution in [0.3, 0.4) is 0 Å². The Balaban J connectivity index is 1.35. The van der Waals surface area contributed by atoms with Crippen molar-refractivity contribution < 1.29 is 22.6 Å². The van der Waals surface area contributed by atoms with E-state index >= 15 is 0 Å². The monoisotopic (exact) mass is 595 g/mol. The lowest BCUT2D eigenvalue weighted by molar-refractivity contribution is -0.0123. The summed E-state index contributed by atoms with van der Waals surface area (Å²) in [5.41, 5.74) is 1.74. The zero-order valence-corrected chi connectivity index (χ0v) is 24.4. The van der Waals surface area contributed by atoms with E-state index in [2.05, 4.69) is 35.2 Å². The highest BCUT2D eigenvalue weighted by Crippen LogP contribution is 2.34. The number of pyridine rings is 1. The van der Waals surface area contributed by atoms with E-state index in [1.54, 1.807) is 41.5 Å². The highest BCUT2D eigenvalue weighted by Gasteiger charge is 2.36. The van der Waals surface area contributed by atoms with Gasteiger partial charge >= 0.3 is 0 Å². The Morgan fingerprint density at radius 1 is 1.02 bits per heavy atom. The molecule has 6 rings (SSSR count). The minimum absolute atomic E-state index is 0.336. The van der Waals surface area contributed by atoms with Crippen molar-refractivity contribution in [3.63, 3.8) is 0 Å². The Morgan fingerprint density at radius 3 is 2.55 bits per heavy atom. The molecule has 1 aromatic carbocycles. The number of hydrogen-bond acceptors (Lipinski definition) is 12. The van der Waals surface area contributed by atoms with Crippen molar-refractivity contribution in [2.24, 2.45) is 0 Å². The number of fused-ring (bicyclic) bond motifs is 3. The van der Waals surface area contributed by atoms with Crippen LogP contribution in [-0.2, 0) is 14.8 Å².